The van der Waals surface area contributed by atoms with Crippen molar-refractivity contribution in [3.63, 3.8) is 0 Å². The fourth-order valence-corrected chi connectivity index (χ4v) is 6.82. The molecule has 202 valence electrons. The van der Waals surface area contributed by atoms with E-state index in [0.717, 1.165) is 22.3 Å². The molecule has 8 rings (SSSR count). The fourth-order valence-electron chi connectivity index (χ4n) is 6.64. The van der Waals surface area contributed by atoms with Crippen LogP contribution in [-0.2, 0) is 19.1 Å². The molecule has 4 aromatic rings. The number of amides is 3. The standard InChI is InChI=1S/C33H23ClN2O5/c34-24-11-5-6-12-25(24)35-26(37)17-41-33(40)18-13-15-19(16-14-18)36-31(38)29-27-20-7-1-2-8-21(20)28(30(29)32(36)39)23-10-4-3-9-22(23)27/h1-16,27-30H,17H2,(H,35,37)/t27?,28?,29-,30-/m1/s1. The van der Waals surface area contributed by atoms with Gasteiger partial charge in [0.05, 0.1) is 33.8 Å². The van der Waals surface area contributed by atoms with Gasteiger partial charge < -0.3 is 10.1 Å². The summed E-state index contributed by atoms with van der Waals surface area (Å²) in [5.41, 5.74) is 5.44. The lowest BCUT2D eigenvalue weighted by molar-refractivity contribution is -0.122. The molecule has 0 aromatic heterocycles. The Bertz CT molecular complexity index is 1640. The lowest BCUT2D eigenvalue weighted by Crippen LogP contribution is -2.41. The maximum absolute atomic E-state index is 13.9. The molecule has 3 amide bonds. The lowest BCUT2D eigenvalue weighted by Gasteiger charge is -2.45. The zero-order valence-corrected chi connectivity index (χ0v) is 22.4. The van der Waals surface area contributed by atoms with Gasteiger partial charge in [-0.1, -0.05) is 72.3 Å². The number of benzene rings is 4. The van der Waals surface area contributed by atoms with Crippen molar-refractivity contribution in [2.75, 3.05) is 16.8 Å². The third-order valence-corrected chi connectivity index (χ3v) is 8.62. The van der Waals surface area contributed by atoms with E-state index >= 15 is 0 Å². The maximum Gasteiger partial charge on any atom is 0.338 e. The predicted molar refractivity (Wildman–Crippen MR) is 153 cm³/mol. The van der Waals surface area contributed by atoms with Crippen molar-refractivity contribution in [3.05, 3.63) is 130 Å². The number of rotatable bonds is 5. The van der Waals surface area contributed by atoms with Crippen LogP contribution in [0.15, 0.2) is 97.1 Å². The van der Waals surface area contributed by atoms with E-state index in [2.05, 4.69) is 29.6 Å². The molecule has 1 N–H and O–H groups in total. The fraction of sp³-hybridized carbons (Fsp3) is 0.152. The summed E-state index contributed by atoms with van der Waals surface area (Å²) in [4.78, 5) is 53.9. The summed E-state index contributed by atoms with van der Waals surface area (Å²) in [5.74, 6) is -3.05. The second-order valence-electron chi connectivity index (χ2n) is 10.4. The Morgan fingerprint density at radius 3 is 1.71 bits per heavy atom. The summed E-state index contributed by atoms with van der Waals surface area (Å²) >= 11 is 6.05. The quantitative estimate of drug-likeness (QED) is 0.255. The Hall–Kier alpha value is -4.75. The number of ether oxygens (including phenoxy) is 1. The van der Waals surface area contributed by atoms with Crippen molar-refractivity contribution < 1.29 is 23.9 Å². The molecule has 4 aromatic carbocycles. The number of anilines is 2. The normalized spacial score (nSPS) is 21.6. The molecule has 0 saturated carbocycles. The number of halogens is 1. The van der Waals surface area contributed by atoms with Crippen molar-refractivity contribution >= 4 is 46.7 Å². The van der Waals surface area contributed by atoms with Crippen molar-refractivity contribution in [2.24, 2.45) is 11.8 Å². The minimum Gasteiger partial charge on any atom is -0.452 e. The van der Waals surface area contributed by atoms with Gasteiger partial charge in [0.2, 0.25) is 11.8 Å². The highest BCUT2D eigenvalue weighted by Crippen LogP contribution is 2.61. The van der Waals surface area contributed by atoms with E-state index in [1.165, 1.54) is 17.0 Å². The molecule has 0 spiro atoms. The number of carbonyl (C=O) groups excluding carboxylic acids is 4. The smallest absolute Gasteiger partial charge is 0.338 e. The first-order valence-electron chi connectivity index (χ1n) is 13.3. The average Bonchev–Trinajstić information content (AvgIpc) is 3.27. The first-order valence-corrected chi connectivity index (χ1v) is 13.7. The largest absolute Gasteiger partial charge is 0.452 e. The van der Waals surface area contributed by atoms with Crippen LogP contribution >= 0.6 is 11.6 Å². The number of nitrogens with one attached hydrogen (secondary N) is 1. The Kier molecular flexibility index (Phi) is 5.98. The zero-order valence-electron chi connectivity index (χ0n) is 21.6. The van der Waals surface area contributed by atoms with Gasteiger partial charge in [0.25, 0.3) is 5.91 Å². The summed E-state index contributed by atoms with van der Waals surface area (Å²) in [6, 6.07) is 29.0. The average molecular weight is 563 g/mol. The monoisotopic (exact) mass is 562 g/mol. The van der Waals surface area contributed by atoms with Gasteiger partial charge in [-0.05, 0) is 58.7 Å². The molecule has 8 heteroatoms. The van der Waals surface area contributed by atoms with Crippen LogP contribution < -0.4 is 10.2 Å². The highest BCUT2D eigenvalue weighted by molar-refractivity contribution is 6.33. The van der Waals surface area contributed by atoms with Gasteiger partial charge in [-0.3, -0.25) is 14.4 Å². The van der Waals surface area contributed by atoms with Gasteiger partial charge >= 0.3 is 5.97 Å². The summed E-state index contributed by atoms with van der Waals surface area (Å²) < 4.78 is 5.15. The molecule has 1 saturated heterocycles. The van der Waals surface area contributed by atoms with Crippen molar-refractivity contribution in [1.82, 2.24) is 0 Å². The third kappa shape index (κ3) is 3.96. The van der Waals surface area contributed by atoms with Gasteiger partial charge in [-0.15, -0.1) is 0 Å². The number of esters is 1. The van der Waals surface area contributed by atoms with Crippen LogP contribution in [0.5, 0.6) is 0 Å². The number of hydrogen-bond acceptors (Lipinski definition) is 5. The van der Waals surface area contributed by atoms with Gasteiger partial charge in [0, 0.05) is 11.8 Å². The molecule has 0 unspecified atom stereocenters. The number of carbonyl (C=O) groups is 4. The topological polar surface area (TPSA) is 92.8 Å². The van der Waals surface area contributed by atoms with Crippen LogP contribution in [0.25, 0.3) is 0 Å². The summed E-state index contributed by atoms with van der Waals surface area (Å²) in [5, 5.41) is 2.96. The highest BCUT2D eigenvalue weighted by atomic mass is 35.5. The zero-order chi connectivity index (χ0) is 28.2. The van der Waals surface area contributed by atoms with Crippen molar-refractivity contribution in [3.8, 4) is 0 Å². The van der Waals surface area contributed by atoms with Gasteiger partial charge in [-0.2, -0.15) is 0 Å². The number of imide groups is 1. The minimum atomic E-state index is -0.706. The van der Waals surface area contributed by atoms with E-state index in [9.17, 15) is 19.2 Å². The van der Waals surface area contributed by atoms with Crippen LogP contribution in [0.1, 0.15) is 44.4 Å². The summed E-state index contributed by atoms with van der Waals surface area (Å²) in [6.07, 6.45) is 0. The molecule has 2 bridgehead atoms. The molecule has 2 atom stereocenters. The Morgan fingerprint density at radius 2 is 1.20 bits per heavy atom. The molecule has 4 aliphatic rings. The van der Waals surface area contributed by atoms with Crippen LogP contribution in [0.4, 0.5) is 11.4 Å². The van der Waals surface area contributed by atoms with Crippen LogP contribution in [0, 0.1) is 11.8 Å². The van der Waals surface area contributed by atoms with Crippen LogP contribution in [0.2, 0.25) is 5.02 Å². The second-order valence-corrected chi connectivity index (χ2v) is 10.8. The van der Waals surface area contributed by atoms with E-state index in [0.29, 0.717) is 16.4 Å². The van der Waals surface area contributed by atoms with Crippen LogP contribution in [0.3, 0.4) is 0 Å². The molecule has 0 radical (unpaired) electrons. The second kappa shape index (κ2) is 9.71. The van der Waals surface area contributed by atoms with Gasteiger partial charge in [-0.25, -0.2) is 9.69 Å². The molecule has 7 nitrogen and oxygen atoms in total. The first-order chi connectivity index (χ1) is 19.9. The molecule has 1 heterocycles. The highest BCUT2D eigenvalue weighted by Gasteiger charge is 2.61. The molecular weight excluding hydrogens is 540 g/mol. The van der Waals surface area contributed by atoms with Crippen molar-refractivity contribution in [2.45, 2.75) is 11.8 Å². The minimum absolute atomic E-state index is 0.190. The number of nitrogens with zero attached hydrogens (tertiary/aromatic N) is 1. The predicted octanol–water partition coefficient (Wildman–Crippen LogP) is 5.53. The van der Waals surface area contributed by atoms with E-state index in [1.807, 2.05) is 24.3 Å². The molecule has 41 heavy (non-hydrogen) atoms. The van der Waals surface area contributed by atoms with Gasteiger partial charge in [0.1, 0.15) is 0 Å². The maximum atomic E-state index is 13.9. The van der Waals surface area contributed by atoms with E-state index in [-0.39, 0.29) is 29.2 Å². The lowest BCUT2D eigenvalue weighted by atomic mass is 9.55. The Balaban J connectivity index is 1.10. The molecule has 1 fully saturated rings. The SMILES string of the molecule is O=C(COC(=O)c1ccc(N2C(=O)[C@@H]3C4c5ccccc5C(c5ccccc54)[C@H]3C2=O)cc1)Nc1ccccc1Cl. The summed E-state index contributed by atoms with van der Waals surface area (Å²) in [6.45, 7) is -0.498. The number of hydrogen-bond donors (Lipinski definition) is 1. The Labute approximate surface area is 240 Å². The summed E-state index contributed by atoms with van der Waals surface area (Å²) in [7, 11) is 0. The number of para-hydroxylation sites is 1. The van der Waals surface area contributed by atoms with Crippen LogP contribution in [-0.4, -0.2) is 30.3 Å². The van der Waals surface area contributed by atoms with Gasteiger partial charge in [0.15, 0.2) is 6.61 Å². The van der Waals surface area contributed by atoms with E-state index in [4.69, 9.17) is 16.3 Å². The van der Waals surface area contributed by atoms with E-state index in [1.54, 1.807) is 36.4 Å². The molecule has 1 aliphatic heterocycles. The molecular formula is C33H23ClN2O5. The van der Waals surface area contributed by atoms with E-state index < -0.39 is 30.3 Å². The molecule has 3 aliphatic carbocycles. The third-order valence-electron chi connectivity index (χ3n) is 8.29. The van der Waals surface area contributed by atoms with Crippen molar-refractivity contribution in [1.29, 1.82) is 0 Å². The first kappa shape index (κ1) is 25.2. The Morgan fingerprint density at radius 1 is 0.707 bits per heavy atom.